The van der Waals surface area contributed by atoms with E-state index < -0.39 is 55.0 Å². The average Bonchev–Trinajstić information content (AvgIpc) is 2.81. The molecule has 15 heteroatoms. The van der Waals surface area contributed by atoms with Crippen molar-refractivity contribution in [2.75, 3.05) is 25.0 Å². The molecule has 39 heavy (non-hydrogen) atoms. The number of aliphatic carboxylic acids is 1. The summed E-state index contributed by atoms with van der Waals surface area (Å²) in [5.74, 6) is -3.40. The number of nitrogens with zero attached hydrogens (tertiary/aromatic N) is 1. The Morgan fingerprint density at radius 2 is 1.92 bits per heavy atom. The van der Waals surface area contributed by atoms with Crippen molar-refractivity contribution in [1.29, 1.82) is 0 Å². The maximum Gasteiger partial charge on any atom is 0.573 e. The van der Waals surface area contributed by atoms with Crippen LogP contribution >= 0.6 is 0 Å². The number of carbonyl (C=O) groups excluding carboxylic acids is 2. The van der Waals surface area contributed by atoms with Gasteiger partial charge < -0.3 is 41.3 Å². The zero-order valence-electron chi connectivity index (χ0n) is 20.5. The standard InChI is InChI=1S/C24H26F3N5O7/c1-12-2-13(6-18(3-12)39-24(25,26)27)19(8-21(36)37)32-20(35)11-28-22(38)14-4-15(7-16(33)5-14)31-23-29-9-17(34)10-30-23/h2-7,17,19,33-34H,8-11H2,1H3,(H,28,38)(H,32,35)(H,36,37)(H2,29,30,31)/t19-/m0/s1. The van der Waals surface area contributed by atoms with E-state index in [0.29, 0.717) is 17.2 Å². The van der Waals surface area contributed by atoms with Gasteiger partial charge in [0.2, 0.25) is 5.91 Å². The Bertz CT molecular complexity index is 1270. The van der Waals surface area contributed by atoms with Crippen LogP contribution in [0.4, 0.5) is 18.9 Å². The molecule has 2 aromatic rings. The lowest BCUT2D eigenvalue weighted by Crippen LogP contribution is -2.42. The number of ether oxygens (including phenoxy) is 1. The predicted molar refractivity (Wildman–Crippen MR) is 131 cm³/mol. The van der Waals surface area contributed by atoms with Gasteiger partial charge in [0.1, 0.15) is 11.5 Å². The van der Waals surface area contributed by atoms with E-state index in [2.05, 4.69) is 31.0 Å². The first-order valence-corrected chi connectivity index (χ1v) is 11.5. The van der Waals surface area contributed by atoms with Crippen LogP contribution < -0.4 is 26.0 Å². The van der Waals surface area contributed by atoms with Crippen molar-refractivity contribution in [2.24, 2.45) is 4.99 Å². The summed E-state index contributed by atoms with van der Waals surface area (Å²) in [5, 5.41) is 39.2. The molecule has 210 valence electrons. The number of anilines is 1. The number of aliphatic imine (C=N–C) groups is 1. The van der Waals surface area contributed by atoms with Gasteiger partial charge in [0.25, 0.3) is 5.91 Å². The average molecular weight is 553 g/mol. The number of carboxylic acid groups (broad SMARTS) is 1. The number of alkyl halides is 3. The normalized spacial score (nSPS) is 15.8. The highest BCUT2D eigenvalue weighted by Gasteiger charge is 2.31. The van der Waals surface area contributed by atoms with Gasteiger partial charge in [-0.2, -0.15) is 0 Å². The fourth-order valence-corrected chi connectivity index (χ4v) is 3.67. The number of benzene rings is 2. The number of aromatic hydroxyl groups is 1. The lowest BCUT2D eigenvalue weighted by atomic mass is 10.0. The summed E-state index contributed by atoms with van der Waals surface area (Å²) in [7, 11) is 0. The lowest BCUT2D eigenvalue weighted by Gasteiger charge is -2.20. The molecule has 1 heterocycles. The van der Waals surface area contributed by atoms with Crippen LogP contribution in [0.5, 0.6) is 11.5 Å². The van der Waals surface area contributed by atoms with E-state index in [1.807, 2.05) is 0 Å². The highest BCUT2D eigenvalue weighted by atomic mass is 19.4. The van der Waals surface area contributed by atoms with E-state index in [1.54, 1.807) is 0 Å². The second-order valence-electron chi connectivity index (χ2n) is 8.65. The smallest absolute Gasteiger partial charge is 0.508 e. The number of carboxylic acids is 1. The molecule has 0 aromatic heterocycles. The first kappa shape index (κ1) is 29.0. The van der Waals surface area contributed by atoms with Gasteiger partial charge in [-0.15, -0.1) is 13.2 Å². The third-order valence-corrected chi connectivity index (χ3v) is 5.24. The summed E-state index contributed by atoms with van der Waals surface area (Å²) in [5.41, 5.74) is 0.678. The molecular formula is C24H26F3N5O7. The topological polar surface area (TPSA) is 182 Å². The molecule has 2 amide bonds. The van der Waals surface area contributed by atoms with Crippen molar-refractivity contribution < 1.29 is 47.6 Å². The minimum absolute atomic E-state index is 0.0172. The first-order valence-electron chi connectivity index (χ1n) is 11.5. The molecule has 0 radical (unpaired) electrons. The van der Waals surface area contributed by atoms with Crippen molar-refractivity contribution in [1.82, 2.24) is 16.0 Å². The van der Waals surface area contributed by atoms with Crippen LogP contribution in [0.1, 0.15) is 33.9 Å². The molecule has 0 fully saturated rings. The number of carbonyl (C=O) groups is 3. The van der Waals surface area contributed by atoms with Crippen LogP contribution in [-0.4, -0.2) is 71.2 Å². The van der Waals surface area contributed by atoms with Crippen molar-refractivity contribution >= 4 is 29.4 Å². The van der Waals surface area contributed by atoms with E-state index in [1.165, 1.54) is 25.1 Å². The van der Waals surface area contributed by atoms with E-state index in [4.69, 9.17) is 0 Å². The molecule has 1 aliphatic rings. The van der Waals surface area contributed by atoms with Gasteiger partial charge in [-0.1, -0.05) is 6.07 Å². The molecule has 0 aliphatic carbocycles. The third-order valence-electron chi connectivity index (χ3n) is 5.24. The number of aryl methyl sites for hydroxylation is 1. The van der Waals surface area contributed by atoms with E-state index in [9.17, 15) is 42.9 Å². The van der Waals surface area contributed by atoms with Crippen LogP contribution in [0.25, 0.3) is 0 Å². The molecule has 0 bridgehead atoms. The Kier molecular flexibility index (Phi) is 9.19. The molecular weight excluding hydrogens is 527 g/mol. The number of aliphatic hydroxyl groups is 1. The minimum atomic E-state index is -4.97. The highest BCUT2D eigenvalue weighted by molar-refractivity contribution is 6.00. The highest BCUT2D eigenvalue weighted by Crippen LogP contribution is 2.28. The van der Waals surface area contributed by atoms with E-state index in [-0.39, 0.29) is 30.0 Å². The number of amides is 2. The Labute approximate surface area is 219 Å². The quantitative estimate of drug-likeness (QED) is 0.241. The zero-order chi connectivity index (χ0) is 28.7. The van der Waals surface area contributed by atoms with Gasteiger partial charge in [0, 0.05) is 23.9 Å². The largest absolute Gasteiger partial charge is 0.573 e. The number of guanidine groups is 1. The van der Waals surface area contributed by atoms with Gasteiger partial charge >= 0.3 is 12.3 Å². The molecule has 1 unspecified atom stereocenters. The molecule has 2 atom stereocenters. The molecule has 0 saturated carbocycles. The fourth-order valence-electron chi connectivity index (χ4n) is 3.67. The summed E-state index contributed by atoms with van der Waals surface area (Å²) in [4.78, 5) is 40.6. The monoisotopic (exact) mass is 553 g/mol. The minimum Gasteiger partial charge on any atom is -0.508 e. The van der Waals surface area contributed by atoms with E-state index in [0.717, 1.165) is 18.2 Å². The molecule has 12 nitrogen and oxygen atoms in total. The van der Waals surface area contributed by atoms with Crippen LogP contribution in [0.15, 0.2) is 41.4 Å². The Morgan fingerprint density at radius 1 is 1.18 bits per heavy atom. The maximum atomic E-state index is 12.7. The summed E-state index contributed by atoms with van der Waals surface area (Å²) in [6, 6.07) is 6.12. The Morgan fingerprint density at radius 3 is 2.56 bits per heavy atom. The first-order chi connectivity index (χ1) is 18.3. The van der Waals surface area contributed by atoms with Crippen molar-refractivity contribution in [2.45, 2.75) is 31.9 Å². The maximum absolute atomic E-state index is 12.7. The fraction of sp³-hybridized carbons (Fsp3) is 0.333. The summed E-state index contributed by atoms with van der Waals surface area (Å²) >= 11 is 0. The SMILES string of the molecule is Cc1cc(OC(F)(F)F)cc([C@H](CC(=O)O)NC(=O)CNC(=O)c2cc(O)cc(NC3=NCC(O)CN3)c2)c1. The lowest BCUT2D eigenvalue weighted by molar-refractivity contribution is -0.274. The number of hydrogen-bond acceptors (Lipinski definition) is 9. The number of phenols is 1. The number of hydrogen-bond donors (Lipinski definition) is 7. The van der Waals surface area contributed by atoms with Gasteiger partial charge in [0.15, 0.2) is 5.96 Å². The van der Waals surface area contributed by atoms with Crippen molar-refractivity contribution in [3.63, 3.8) is 0 Å². The van der Waals surface area contributed by atoms with Gasteiger partial charge in [-0.05, 0) is 42.3 Å². The van der Waals surface area contributed by atoms with Crippen LogP contribution in [0.3, 0.4) is 0 Å². The molecule has 7 N–H and O–H groups in total. The summed E-state index contributed by atoms with van der Waals surface area (Å²) in [6.45, 7) is 1.30. The molecule has 3 rings (SSSR count). The number of nitrogens with one attached hydrogen (secondary N) is 4. The predicted octanol–water partition coefficient (Wildman–Crippen LogP) is 1.39. The van der Waals surface area contributed by atoms with Gasteiger partial charge in [-0.3, -0.25) is 19.4 Å². The second-order valence-corrected chi connectivity index (χ2v) is 8.65. The van der Waals surface area contributed by atoms with Gasteiger partial charge in [0.05, 0.1) is 31.7 Å². The molecule has 0 saturated heterocycles. The summed E-state index contributed by atoms with van der Waals surface area (Å²) in [6.07, 6.45) is -6.25. The molecule has 1 aliphatic heterocycles. The molecule has 2 aromatic carbocycles. The van der Waals surface area contributed by atoms with Crippen LogP contribution in [-0.2, 0) is 9.59 Å². The Balaban J connectivity index is 1.66. The van der Waals surface area contributed by atoms with Crippen LogP contribution in [0, 0.1) is 6.92 Å². The number of rotatable bonds is 9. The van der Waals surface area contributed by atoms with E-state index >= 15 is 0 Å². The number of halogens is 3. The molecule has 0 spiro atoms. The van der Waals surface area contributed by atoms with Crippen LogP contribution in [0.2, 0.25) is 0 Å². The van der Waals surface area contributed by atoms with Gasteiger partial charge in [-0.25, -0.2) is 0 Å². The zero-order valence-corrected chi connectivity index (χ0v) is 20.5. The third kappa shape index (κ3) is 9.37. The Hall–Kier alpha value is -4.53. The van der Waals surface area contributed by atoms with Crippen molar-refractivity contribution in [3.05, 3.63) is 53.1 Å². The number of phenolic OH excluding ortho intramolecular Hbond substituents is 1. The number of aliphatic hydroxyl groups excluding tert-OH is 1. The van der Waals surface area contributed by atoms with Crippen molar-refractivity contribution in [3.8, 4) is 11.5 Å². The summed E-state index contributed by atoms with van der Waals surface area (Å²) < 4.78 is 41.9. The number of β-amino-alcohol motifs (C(OH)–C–C–N with tert-alkyl or cyclic N) is 1. The second kappa shape index (κ2) is 12.3.